The zero-order chi connectivity index (χ0) is 26.4. The molecule has 188 valence electrons. The van der Waals surface area contributed by atoms with E-state index in [-0.39, 0.29) is 5.41 Å². The maximum Gasteiger partial charge on any atom is 0.222 e. The Bertz CT molecular complexity index is 1770. The molecule has 0 radical (unpaired) electrons. The molecule has 1 nitrogen and oxygen atoms in total. The van der Waals surface area contributed by atoms with Crippen LogP contribution < -0.4 is 9.75 Å². The van der Waals surface area contributed by atoms with Gasteiger partial charge in [0.05, 0.1) is 19.0 Å². The number of fused-ring (bicyclic) bond motifs is 5. The lowest BCUT2D eigenvalue weighted by Crippen LogP contribution is -2.38. The predicted octanol–water partition coefficient (Wildman–Crippen LogP) is 8.85. The number of pyridine rings is 1. The summed E-state index contributed by atoms with van der Waals surface area (Å²) in [6.45, 7) is 19.1. The van der Waals surface area contributed by atoms with Gasteiger partial charge in [-0.15, -0.1) is 0 Å². The monoisotopic (exact) mass is 520 g/mol. The van der Waals surface area contributed by atoms with Crippen molar-refractivity contribution in [3.05, 3.63) is 71.4 Å². The minimum Gasteiger partial charge on any atom is -0.200 e. The average Bonchev–Trinajstić information content (AvgIpc) is 2.81. The molecule has 1 aliphatic rings. The molecule has 0 atom stereocenters. The molecule has 5 aromatic rings. The van der Waals surface area contributed by atoms with Crippen LogP contribution in [0.3, 0.4) is 0 Å². The third-order valence-electron chi connectivity index (χ3n) is 7.99. The SMILES string of the molecule is Cc1ccc2c(CC(C)(C)C)c3c(c(C)c2c1)-c1c2c(cc4c([Si](C)(C)C)cccc4c2cc[n+]1C)S3. The van der Waals surface area contributed by atoms with Gasteiger partial charge in [0.2, 0.25) is 5.69 Å². The largest absolute Gasteiger partial charge is 0.222 e. The van der Waals surface area contributed by atoms with Crippen LogP contribution in [0.5, 0.6) is 0 Å². The molecule has 2 heterocycles. The highest BCUT2D eigenvalue weighted by atomic mass is 32.2. The van der Waals surface area contributed by atoms with Crippen LogP contribution in [-0.2, 0) is 13.5 Å². The lowest BCUT2D eigenvalue weighted by molar-refractivity contribution is -0.659. The average molecular weight is 521 g/mol. The van der Waals surface area contributed by atoms with E-state index in [0.29, 0.717) is 0 Å². The fourth-order valence-electron chi connectivity index (χ4n) is 6.34. The molecule has 37 heavy (non-hydrogen) atoms. The Kier molecular flexibility index (Phi) is 5.46. The van der Waals surface area contributed by atoms with Crippen LogP contribution in [-0.4, -0.2) is 8.07 Å². The predicted molar refractivity (Wildman–Crippen MR) is 165 cm³/mol. The normalized spacial score (nSPS) is 13.5. The maximum absolute atomic E-state index is 2.53. The summed E-state index contributed by atoms with van der Waals surface area (Å²) < 4.78 is 2.37. The second kappa shape index (κ2) is 8.19. The molecule has 1 aliphatic heterocycles. The van der Waals surface area contributed by atoms with E-state index in [0.717, 1.165) is 6.42 Å². The van der Waals surface area contributed by atoms with Crippen molar-refractivity contribution >= 4 is 57.3 Å². The van der Waals surface area contributed by atoms with Gasteiger partial charge in [-0.3, -0.25) is 0 Å². The number of rotatable bonds is 2. The molecular formula is C34H38NSSi+. The summed E-state index contributed by atoms with van der Waals surface area (Å²) in [6, 6.07) is 18.9. The Hall–Kier alpha value is -2.62. The van der Waals surface area contributed by atoms with E-state index in [1.54, 1.807) is 5.19 Å². The fourth-order valence-corrected chi connectivity index (χ4v) is 9.31. The Morgan fingerprint density at radius 2 is 1.59 bits per heavy atom. The molecule has 4 aromatic carbocycles. The number of hydrogen-bond donors (Lipinski definition) is 0. The Balaban J connectivity index is 1.81. The molecule has 3 heteroatoms. The van der Waals surface area contributed by atoms with Crippen molar-refractivity contribution in [2.45, 2.75) is 70.5 Å². The van der Waals surface area contributed by atoms with Gasteiger partial charge in [-0.25, -0.2) is 4.57 Å². The number of aromatic nitrogens is 1. The van der Waals surface area contributed by atoms with Gasteiger partial charge in [-0.1, -0.05) is 99.3 Å². The first-order valence-electron chi connectivity index (χ1n) is 13.5. The second-order valence-corrected chi connectivity index (χ2v) is 19.4. The van der Waals surface area contributed by atoms with Gasteiger partial charge < -0.3 is 0 Å². The molecular weight excluding hydrogens is 483 g/mol. The molecule has 0 saturated carbocycles. The van der Waals surface area contributed by atoms with Gasteiger partial charge in [-0.05, 0) is 64.4 Å². The second-order valence-electron chi connectivity index (χ2n) is 13.3. The van der Waals surface area contributed by atoms with E-state index < -0.39 is 8.07 Å². The van der Waals surface area contributed by atoms with Crippen molar-refractivity contribution in [2.24, 2.45) is 12.5 Å². The summed E-state index contributed by atoms with van der Waals surface area (Å²) in [5, 5.41) is 10.0. The molecule has 0 aliphatic carbocycles. The van der Waals surface area contributed by atoms with Gasteiger partial charge in [0.1, 0.15) is 7.05 Å². The van der Waals surface area contributed by atoms with Gasteiger partial charge >= 0.3 is 0 Å². The third-order valence-corrected chi connectivity index (χ3v) is 11.2. The Morgan fingerprint density at radius 3 is 2.30 bits per heavy atom. The van der Waals surface area contributed by atoms with Gasteiger partial charge in [-0.2, -0.15) is 0 Å². The topological polar surface area (TPSA) is 3.88 Å². The van der Waals surface area contributed by atoms with Crippen LogP contribution in [0.2, 0.25) is 19.6 Å². The number of nitrogens with zero attached hydrogens (tertiary/aromatic N) is 1. The fraction of sp³-hybridized carbons (Fsp3) is 0.324. The molecule has 0 amide bonds. The zero-order valence-electron chi connectivity index (χ0n) is 23.8. The first kappa shape index (κ1) is 24.7. The smallest absolute Gasteiger partial charge is 0.200 e. The first-order valence-corrected chi connectivity index (χ1v) is 17.8. The highest BCUT2D eigenvalue weighted by Gasteiger charge is 2.34. The van der Waals surface area contributed by atoms with Crippen LogP contribution in [0, 0.1) is 19.3 Å². The Morgan fingerprint density at radius 1 is 0.838 bits per heavy atom. The molecule has 0 saturated heterocycles. The highest BCUT2D eigenvalue weighted by Crippen LogP contribution is 2.53. The number of benzene rings is 4. The molecule has 0 N–H and O–H groups in total. The van der Waals surface area contributed by atoms with Gasteiger partial charge in [0.25, 0.3) is 0 Å². The van der Waals surface area contributed by atoms with E-state index in [4.69, 9.17) is 0 Å². The standard InChI is InChI=1S/C34H38NSSi/c1-20-13-14-23-25(17-20)21(2)30-32-31-24(15-16-35(32)6)22-11-10-12-29(37(7,8)9)26(22)18-28(31)36-33(30)27(23)19-34(3,4)5/h10-18H,19H2,1-9H3/q+1. The molecule has 0 unspecified atom stereocenters. The van der Waals surface area contributed by atoms with Crippen molar-refractivity contribution in [1.29, 1.82) is 0 Å². The zero-order valence-corrected chi connectivity index (χ0v) is 25.6. The van der Waals surface area contributed by atoms with Crippen molar-refractivity contribution in [1.82, 2.24) is 0 Å². The van der Waals surface area contributed by atoms with Crippen molar-refractivity contribution < 1.29 is 4.57 Å². The lowest BCUT2D eigenvalue weighted by Gasteiger charge is -2.28. The first-order chi connectivity index (χ1) is 17.3. The minimum atomic E-state index is -1.51. The van der Waals surface area contributed by atoms with Crippen LogP contribution in [0.25, 0.3) is 43.6 Å². The van der Waals surface area contributed by atoms with Crippen LogP contribution >= 0.6 is 11.8 Å². The summed E-state index contributed by atoms with van der Waals surface area (Å²) in [6.07, 6.45) is 3.34. The third kappa shape index (κ3) is 3.85. The van der Waals surface area contributed by atoms with Crippen molar-refractivity contribution in [3.8, 4) is 11.3 Å². The van der Waals surface area contributed by atoms with E-state index in [9.17, 15) is 0 Å². The van der Waals surface area contributed by atoms with E-state index in [2.05, 4.69) is 121 Å². The molecule has 0 bridgehead atoms. The maximum atomic E-state index is 2.53. The summed E-state index contributed by atoms with van der Waals surface area (Å²) in [4.78, 5) is 2.87. The molecule has 6 rings (SSSR count). The van der Waals surface area contributed by atoms with Crippen LogP contribution in [0.4, 0.5) is 0 Å². The summed E-state index contributed by atoms with van der Waals surface area (Å²) in [7, 11) is 0.720. The summed E-state index contributed by atoms with van der Waals surface area (Å²) >= 11 is 2.02. The number of aryl methyl sites for hydroxylation is 3. The molecule has 1 aromatic heterocycles. The molecule has 0 spiro atoms. The Labute approximate surface area is 226 Å². The van der Waals surface area contributed by atoms with Crippen molar-refractivity contribution in [2.75, 3.05) is 0 Å². The quantitative estimate of drug-likeness (QED) is 0.125. The minimum absolute atomic E-state index is 0.199. The summed E-state index contributed by atoms with van der Waals surface area (Å²) in [5.74, 6) is 0. The molecule has 0 fully saturated rings. The lowest BCUT2D eigenvalue weighted by atomic mass is 9.82. The van der Waals surface area contributed by atoms with E-state index in [1.165, 1.54) is 70.1 Å². The number of hydrogen-bond acceptors (Lipinski definition) is 1. The van der Waals surface area contributed by atoms with Crippen LogP contribution in [0.1, 0.15) is 37.5 Å². The van der Waals surface area contributed by atoms with E-state index in [1.807, 2.05) is 11.8 Å². The van der Waals surface area contributed by atoms with Crippen LogP contribution in [0.15, 0.2) is 64.5 Å². The summed E-state index contributed by atoms with van der Waals surface area (Å²) in [5.41, 5.74) is 7.25. The highest BCUT2D eigenvalue weighted by molar-refractivity contribution is 8.00. The van der Waals surface area contributed by atoms with E-state index >= 15 is 0 Å². The van der Waals surface area contributed by atoms with Crippen molar-refractivity contribution in [3.63, 3.8) is 0 Å². The van der Waals surface area contributed by atoms with Gasteiger partial charge in [0, 0.05) is 21.2 Å². The van der Waals surface area contributed by atoms with Gasteiger partial charge in [0.15, 0.2) is 6.20 Å².